The van der Waals surface area contributed by atoms with E-state index < -0.39 is 37.0 Å². The second-order valence-electron chi connectivity index (χ2n) is 2.92. The molecule has 0 aromatic heterocycles. The summed E-state index contributed by atoms with van der Waals surface area (Å²) >= 11 is 0. The van der Waals surface area contributed by atoms with E-state index in [4.69, 9.17) is 30.6 Å². The summed E-state index contributed by atoms with van der Waals surface area (Å²) in [6.45, 7) is -0.701. The third-order valence-corrected chi connectivity index (χ3v) is 1.94. The van der Waals surface area contributed by atoms with Gasteiger partial charge in [0.25, 0.3) is 0 Å². The minimum absolute atomic E-state index is 0.701. The van der Waals surface area contributed by atoms with Crippen LogP contribution in [0.3, 0.4) is 0 Å². The van der Waals surface area contributed by atoms with Crippen LogP contribution >= 0.6 is 0 Å². The summed E-state index contributed by atoms with van der Waals surface area (Å²) in [5, 5.41) is 53.6. The summed E-state index contributed by atoms with van der Waals surface area (Å²) in [5.41, 5.74) is 0. The number of hydrogen-bond acceptors (Lipinski definition) is 7. The van der Waals surface area contributed by atoms with E-state index in [2.05, 4.69) is 4.74 Å². The van der Waals surface area contributed by atoms with Gasteiger partial charge in [0, 0.05) is 0 Å². The van der Waals surface area contributed by atoms with Crippen LogP contribution in [-0.2, 0) is 4.74 Å². The Hall–Kier alpha value is -0.280. The summed E-state index contributed by atoms with van der Waals surface area (Å²) in [6, 6.07) is 0. The van der Waals surface area contributed by atoms with Gasteiger partial charge < -0.3 is 35.4 Å². The zero-order valence-electron chi connectivity index (χ0n) is 6.61. The van der Waals surface area contributed by atoms with Crippen LogP contribution in [0.5, 0.6) is 0 Å². The average Bonchev–Trinajstić information content (AvgIpc) is 2.08. The minimum atomic E-state index is -2.95. The highest BCUT2D eigenvalue weighted by molar-refractivity contribution is 4.90. The van der Waals surface area contributed by atoms with E-state index in [9.17, 15) is 0 Å². The van der Waals surface area contributed by atoms with Gasteiger partial charge in [0.1, 0.15) is 18.3 Å². The van der Waals surface area contributed by atoms with Crippen LogP contribution in [0, 0.1) is 0 Å². The summed E-state index contributed by atoms with van der Waals surface area (Å²) in [4.78, 5) is 0. The fourth-order valence-corrected chi connectivity index (χ4v) is 1.14. The molecule has 78 valence electrons. The number of rotatable bonds is 1. The maximum Gasteiger partial charge on any atom is 0.308 e. The Morgan fingerprint density at radius 2 is 1.62 bits per heavy atom. The Morgan fingerprint density at radius 3 is 2.08 bits per heavy atom. The van der Waals surface area contributed by atoms with Crippen LogP contribution in [0.2, 0.25) is 0 Å². The molecular formula is C6H12O7. The van der Waals surface area contributed by atoms with E-state index in [0.29, 0.717) is 0 Å². The van der Waals surface area contributed by atoms with E-state index in [-0.39, 0.29) is 0 Å². The van der Waals surface area contributed by atoms with E-state index in [1.54, 1.807) is 0 Å². The third-order valence-electron chi connectivity index (χ3n) is 1.94. The summed E-state index contributed by atoms with van der Waals surface area (Å²) in [6.07, 6.45) is -6.72. The van der Waals surface area contributed by atoms with Gasteiger partial charge in [0.2, 0.25) is 0 Å². The Kier molecular flexibility index (Phi) is 2.88. The predicted octanol–water partition coefficient (Wildman–Crippen LogP) is -3.90. The van der Waals surface area contributed by atoms with Crippen LogP contribution in [0.15, 0.2) is 0 Å². The van der Waals surface area contributed by atoms with Gasteiger partial charge in [-0.3, -0.25) is 0 Å². The van der Waals surface area contributed by atoms with Crippen molar-refractivity contribution in [1.29, 1.82) is 0 Å². The van der Waals surface area contributed by atoms with Gasteiger partial charge >= 0.3 is 5.97 Å². The fraction of sp³-hybridized carbons (Fsp3) is 1.00. The Balaban J connectivity index is 2.79. The minimum Gasteiger partial charge on any atom is -0.394 e. The molecule has 13 heavy (non-hydrogen) atoms. The molecule has 7 nitrogen and oxygen atoms in total. The molecule has 4 atom stereocenters. The molecule has 1 rings (SSSR count). The maximum absolute atomic E-state index is 9.12. The lowest BCUT2D eigenvalue weighted by Gasteiger charge is -2.41. The number of ether oxygens (including phenoxy) is 1. The third kappa shape index (κ3) is 1.81. The van der Waals surface area contributed by atoms with Crippen LogP contribution in [0.4, 0.5) is 0 Å². The van der Waals surface area contributed by atoms with Crippen molar-refractivity contribution in [3.05, 3.63) is 0 Å². The first-order valence-electron chi connectivity index (χ1n) is 3.67. The monoisotopic (exact) mass is 196 g/mol. The molecule has 1 fully saturated rings. The van der Waals surface area contributed by atoms with E-state index >= 15 is 0 Å². The van der Waals surface area contributed by atoms with Crippen molar-refractivity contribution in [2.45, 2.75) is 30.4 Å². The van der Waals surface area contributed by atoms with Crippen molar-refractivity contribution in [3.63, 3.8) is 0 Å². The maximum atomic E-state index is 9.12. The van der Waals surface area contributed by atoms with Crippen molar-refractivity contribution < 1.29 is 35.4 Å². The first kappa shape index (κ1) is 10.8. The van der Waals surface area contributed by atoms with Gasteiger partial charge in [0.15, 0.2) is 6.10 Å². The number of aliphatic hydroxyl groups excluding tert-OH is 4. The normalized spacial score (nSPS) is 44.8. The SMILES string of the molecule is OC[C@H]1OC(O)(O)[C@H](O)[C@H](O)[C@H]1O. The molecule has 0 saturated carbocycles. The highest BCUT2D eigenvalue weighted by atomic mass is 16.8. The Morgan fingerprint density at radius 1 is 1.08 bits per heavy atom. The molecule has 1 saturated heterocycles. The van der Waals surface area contributed by atoms with Gasteiger partial charge in [-0.25, -0.2) is 0 Å². The largest absolute Gasteiger partial charge is 0.394 e. The lowest BCUT2D eigenvalue weighted by atomic mass is 9.98. The molecule has 0 bridgehead atoms. The average molecular weight is 196 g/mol. The zero-order valence-corrected chi connectivity index (χ0v) is 6.61. The lowest BCUT2D eigenvalue weighted by molar-refractivity contribution is -0.435. The van der Waals surface area contributed by atoms with Crippen molar-refractivity contribution in [1.82, 2.24) is 0 Å². The molecule has 0 amide bonds. The second kappa shape index (κ2) is 3.46. The van der Waals surface area contributed by atoms with Crippen molar-refractivity contribution in [2.75, 3.05) is 6.61 Å². The van der Waals surface area contributed by atoms with Crippen molar-refractivity contribution >= 4 is 0 Å². The number of aliphatic hydroxyl groups is 6. The topological polar surface area (TPSA) is 131 Å². The van der Waals surface area contributed by atoms with Crippen molar-refractivity contribution in [2.24, 2.45) is 0 Å². The summed E-state index contributed by atoms with van der Waals surface area (Å²) < 4.78 is 4.32. The molecule has 6 N–H and O–H groups in total. The standard InChI is InChI=1S/C6H12O7/c7-1-2-3(8)4(9)5(10)6(11,12)13-2/h2-5,7-12H,1H2/t2-,3+,4-,5-/m1/s1. The quantitative estimate of drug-likeness (QED) is 0.236. The summed E-state index contributed by atoms with van der Waals surface area (Å²) in [5.74, 6) is -2.95. The highest BCUT2D eigenvalue weighted by Crippen LogP contribution is 2.25. The molecular weight excluding hydrogens is 184 g/mol. The second-order valence-corrected chi connectivity index (χ2v) is 2.92. The first-order chi connectivity index (χ1) is 5.90. The van der Waals surface area contributed by atoms with Gasteiger partial charge in [0.05, 0.1) is 6.61 Å². The summed E-state index contributed by atoms with van der Waals surface area (Å²) in [7, 11) is 0. The van der Waals surface area contributed by atoms with Crippen LogP contribution in [0.25, 0.3) is 0 Å². The van der Waals surface area contributed by atoms with Crippen molar-refractivity contribution in [3.8, 4) is 0 Å². The van der Waals surface area contributed by atoms with Gasteiger partial charge in [-0.05, 0) is 0 Å². The Bertz CT molecular complexity index is 180. The van der Waals surface area contributed by atoms with E-state index in [1.807, 2.05) is 0 Å². The van der Waals surface area contributed by atoms with Gasteiger partial charge in [-0.15, -0.1) is 0 Å². The van der Waals surface area contributed by atoms with Gasteiger partial charge in [-0.2, -0.15) is 0 Å². The zero-order chi connectivity index (χ0) is 10.2. The molecule has 1 aliphatic heterocycles. The smallest absolute Gasteiger partial charge is 0.308 e. The van der Waals surface area contributed by atoms with Crippen LogP contribution in [-0.4, -0.2) is 67.6 Å². The molecule has 1 aliphatic rings. The molecule has 7 heteroatoms. The highest BCUT2D eigenvalue weighted by Gasteiger charge is 2.51. The molecule has 0 radical (unpaired) electrons. The number of hydrogen-bond donors (Lipinski definition) is 6. The molecule has 1 heterocycles. The first-order valence-corrected chi connectivity index (χ1v) is 3.67. The van der Waals surface area contributed by atoms with E-state index in [1.165, 1.54) is 0 Å². The predicted molar refractivity (Wildman–Crippen MR) is 37.1 cm³/mol. The molecule has 0 unspecified atom stereocenters. The van der Waals surface area contributed by atoms with E-state index in [0.717, 1.165) is 0 Å². The van der Waals surface area contributed by atoms with Gasteiger partial charge in [-0.1, -0.05) is 0 Å². The van der Waals surface area contributed by atoms with Crippen LogP contribution in [0.1, 0.15) is 0 Å². The molecule has 0 aromatic rings. The van der Waals surface area contributed by atoms with Crippen LogP contribution < -0.4 is 0 Å². The fourth-order valence-electron chi connectivity index (χ4n) is 1.14. The molecule has 0 aliphatic carbocycles. The molecule has 0 spiro atoms. The lowest BCUT2D eigenvalue weighted by Crippen LogP contribution is -2.65. The molecule has 0 aromatic carbocycles. The Labute approximate surface area is 73.4 Å².